The zero-order chi connectivity index (χ0) is 14.2. The number of benzene rings is 1. The van der Waals surface area contributed by atoms with E-state index in [9.17, 15) is 0 Å². The fourth-order valence-electron chi connectivity index (χ4n) is 2.29. The zero-order valence-electron chi connectivity index (χ0n) is 12.5. The Kier molecular flexibility index (Phi) is 6.22. The third-order valence-corrected chi connectivity index (χ3v) is 4.27. The molecule has 3 heteroatoms. The van der Waals surface area contributed by atoms with Crippen molar-refractivity contribution >= 4 is 11.3 Å². The second kappa shape index (κ2) is 8.18. The highest BCUT2D eigenvalue weighted by Crippen LogP contribution is 2.23. The van der Waals surface area contributed by atoms with Gasteiger partial charge in [-0.2, -0.15) is 0 Å². The van der Waals surface area contributed by atoms with Crippen molar-refractivity contribution in [2.45, 2.75) is 39.7 Å². The van der Waals surface area contributed by atoms with E-state index in [4.69, 9.17) is 4.98 Å². The first kappa shape index (κ1) is 15.2. The van der Waals surface area contributed by atoms with E-state index < -0.39 is 0 Å². The molecule has 0 fully saturated rings. The van der Waals surface area contributed by atoms with Crippen LogP contribution in [-0.2, 0) is 6.54 Å². The van der Waals surface area contributed by atoms with Crippen LogP contribution in [0.25, 0.3) is 10.6 Å². The maximum absolute atomic E-state index is 4.79. The van der Waals surface area contributed by atoms with Gasteiger partial charge in [-0.3, -0.25) is 4.90 Å². The van der Waals surface area contributed by atoms with Crippen LogP contribution in [0.15, 0.2) is 35.7 Å². The average molecular weight is 288 g/mol. The van der Waals surface area contributed by atoms with Crippen LogP contribution in [0.1, 0.15) is 38.8 Å². The van der Waals surface area contributed by atoms with Gasteiger partial charge in [-0.05, 0) is 25.9 Å². The topological polar surface area (TPSA) is 16.1 Å². The number of thiazole rings is 1. The highest BCUT2D eigenvalue weighted by Gasteiger charge is 2.09. The minimum atomic E-state index is 0.983. The molecular formula is C17H24N2S. The van der Waals surface area contributed by atoms with Crippen LogP contribution in [0.5, 0.6) is 0 Å². The lowest BCUT2D eigenvalue weighted by molar-refractivity contribution is 0.259. The molecule has 1 heterocycles. The van der Waals surface area contributed by atoms with Crippen molar-refractivity contribution in [1.82, 2.24) is 9.88 Å². The summed E-state index contributed by atoms with van der Waals surface area (Å²) in [7, 11) is 0. The summed E-state index contributed by atoms with van der Waals surface area (Å²) in [5.74, 6) is 0. The molecule has 2 aromatic rings. The summed E-state index contributed by atoms with van der Waals surface area (Å²) >= 11 is 1.75. The quantitative estimate of drug-likeness (QED) is 0.692. The average Bonchev–Trinajstić information content (AvgIpc) is 2.94. The summed E-state index contributed by atoms with van der Waals surface area (Å²) in [6.07, 6.45) is 3.74. The number of aromatic nitrogens is 1. The molecule has 0 radical (unpaired) electrons. The lowest BCUT2D eigenvalue weighted by Gasteiger charge is -2.20. The number of rotatable bonds is 8. The van der Waals surface area contributed by atoms with Gasteiger partial charge < -0.3 is 0 Å². The minimum Gasteiger partial charge on any atom is -0.297 e. The second-order valence-electron chi connectivity index (χ2n) is 5.14. The number of hydrogen-bond acceptors (Lipinski definition) is 3. The predicted molar refractivity (Wildman–Crippen MR) is 88.0 cm³/mol. The van der Waals surface area contributed by atoms with Gasteiger partial charge in [0.2, 0.25) is 0 Å². The van der Waals surface area contributed by atoms with Gasteiger partial charge in [0.15, 0.2) is 0 Å². The van der Waals surface area contributed by atoms with E-state index in [1.807, 2.05) is 6.07 Å². The smallest absolute Gasteiger partial charge is 0.123 e. The molecular weight excluding hydrogens is 264 g/mol. The van der Waals surface area contributed by atoms with E-state index in [2.05, 4.69) is 48.4 Å². The summed E-state index contributed by atoms with van der Waals surface area (Å²) in [5, 5.41) is 3.34. The fourth-order valence-corrected chi connectivity index (χ4v) is 3.11. The summed E-state index contributed by atoms with van der Waals surface area (Å²) in [6.45, 7) is 7.83. The zero-order valence-corrected chi connectivity index (χ0v) is 13.3. The Balaban J connectivity index is 2.00. The first-order valence-corrected chi connectivity index (χ1v) is 8.43. The van der Waals surface area contributed by atoms with Crippen molar-refractivity contribution in [2.75, 3.05) is 13.1 Å². The standard InChI is InChI=1S/C17H24N2S/c1-3-5-12-19(11-4-2)13-16-14-20-17(18-16)15-9-7-6-8-10-15/h6-10,14H,3-5,11-13H2,1-2H3. The summed E-state index contributed by atoms with van der Waals surface area (Å²) in [5.41, 5.74) is 2.43. The van der Waals surface area contributed by atoms with E-state index in [0.717, 1.165) is 18.1 Å². The Morgan fingerprint density at radius 2 is 1.85 bits per heavy atom. The van der Waals surface area contributed by atoms with E-state index in [-0.39, 0.29) is 0 Å². The largest absolute Gasteiger partial charge is 0.297 e. The van der Waals surface area contributed by atoms with Crippen molar-refractivity contribution < 1.29 is 0 Å². The lowest BCUT2D eigenvalue weighted by atomic mass is 10.2. The third kappa shape index (κ3) is 4.43. The van der Waals surface area contributed by atoms with E-state index in [0.29, 0.717) is 0 Å². The summed E-state index contributed by atoms with van der Waals surface area (Å²) < 4.78 is 0. The minimum absolute atomic E-state index is 0.983. The first-order chi connectivity index (χ1) is 9.83. The van der Waals surface area contributed by atoms with E-state index >= 15 is 0 Å². The third-order valence-electron chi connectivity index (χ3n) is 3.33. The molecule has 2 rings (SSSR count). The first-order valence-electron chi connectivity index (χ1n) is 7.55. The molecule has 0 saturated carbocycles. The van der Waals surface area contributed by atoms with Gasteiger partial charge in [0.1, 0.15) is 5.01 Å². The molecule has 0 amide bonds. The van der Waals surface area contributed by atoms with Gasteiger partial charge in [0.05, 0.1) is 5.69 Å². The van der Waals surface area contributed by atoms with Crippen LogP contribution in [0.2, 0.25) is 0 Å². The summed E-state index contributed by atoms with van der Waals surface area (Å²) in [4.78, 5) is 7.31. The second-order valence-corrected chi connectivity index (χ2v) is 6.00. The molecule has 0 spiro atoms. The SMILES string of the molecule is CCCCN(CCC)Cc1csc(-c2ccccc2)n1. The molecule has 0 saturated heterocycles. The Bertz CT molecular complexity index is 493. The maximum Gasteiger partial charge on any atom is 0.123 e. The van der Waals surface area contributed by atoms with Crippen LogP contribution >= 0.6 is 11.3 Å². The molecule has 0 aliphatic heterocycles. The van der Waals surface area contributed by atoms with Gasteiger partial charge in [-0.15, -0.1) is 11.3 Å². The summed E-state index contributed by atoms with van der Waals surface area (Å²) in [6, 6.07) is 10.4. The Labute approximate surface area is 126 Å². The van der Waals surface area contributed by atoms with Crippen LogP contribution < -0.4 is 0 Å². The van der Waals surface area contributed by atoms with Crippen molar-refractivity contribution in [3.05, 3.63) is 41.4 Å². The number of nitrogens with zero attached hydrogens (tertiary/aromatic N) is 2. The van der Waals surface area contributed by atoms with Crippen molar-refractivity contribution in [3.8, 4) is 10.6 Å². The van der Waals surface area contributed by atoms with E-state index in [1.54, 1.807) is 11.3 Å². The number of unbranched alkanes of at least 4 members (excludes halogenated alkanes) is 1. The molecule has 0 atom stereocenters. The Morgan fingerprint density at radius 1 is 1.05 bits per heavy atom. The van der Waals surface area contributed by atoms with Gasteiger partial charge >= 0.3 is 0 Å². The number of hydrogen-bond donors (Lipinski definition) is 0. The van der Waals surface area contributed by atoms with Gasteiger partial charge in [-0.25, -0.2) is 4.98 Å². The van der Waals surface area contributed by atoms with Crippen LogP contribution in [0.4, 0.5) is 0 Å². The highest BCUT2D eigenvalue weighted by atomic mass is 32.1. The van der Waals surface area contributed by atoms with Crippen molar-refractivity contribution in [2.24, 2.45) is 0 Å². The Hall–Kier alpha value is -1.19. The van der Waals surface area contributed by atoms with Crippen molar-refractivity contribution in [3.63, 3.8) is 0 Å². The molecule has 20 heavy (non-hydrogen) atoms. The normalized spacial score (nSPS) is 11.2. The molecule has 1 aromatic carbocycles. The molecule has 0 aliphatic rings. The van der Waals surface area contributed by atoms with E-state index in [1.165, 1.54) is 37.1 Å². The lowest BCUT2D eigenvalue weighted by Crippen LogP contribution is -2.25. The molecule has 0 bridgehead atoms. The molecule has 0 unspecified atom stereocenters. The van der Waals surface area contributed by atoms with Crippen LogP contribution in [0.3, 0.4) is 0 Å². The van der Waals surface area contributed by atoms with Gasteiger partial charge in [-0.1, -0.05) is 50.6 Å². The maximum atomic E-state index is 4.79. The molecule has 0 N–H and O–H groups in total. The fraction of sp³-hybridized carbons (Fsp3) is 0.471. The molecule has 108 valence electrons. The van der Waals surface area contributed by atoms with Gasteiger partial charge in [0.25, 0.3) is 0 Å². The molecule has 2 nitrogen and oxygen atoms in total. The van der Waals surface area contributed by atoms with Gasteiger partial charge in [0, 0.05) is 17.5 Å². The predicted octanol–water partition coefficient (Wildman–Crippen LogP) is 4.82. The van der Waals surface area contributed by atoms with Crippen LogP contribution in [-0.4, -0.2) is 23.0 Å². The Morgan fingerprint density at radius 3 is 2.55 bits per heavy atom. The highest BCUT2D eigenvalue weighted by molar-refractivity contribution is 7.13. The van der Waals surface area contributed by atoms with Crippen LogP contribution in [0, 0.1) is 0 Å². The molecule has 0 aliphatic carbocycles. The molecule has 1 aromatic heterocycles. The van der Waals surface area contributed by atoms with Crippen molar-refractivity contribution in [1.29, 1.82) is 0 Å². The monoisotopic (exact) mass is 288 g/mol.